The van der Waals surface area contributed by atoms with Gasteiger partial charge in [-0.3, -0.25) is 0 Å². The molecule has 0 saturated carbocycles. The fraction of sp³-hybridized carbons (Fsp3) is 0.448. The number of hydrogen-bond donors (Lipinski definition) is 1. The number of pyridine rings is 1. The van der Waals surface area contributed by atoms with Gasteiger partial charge < -0.3 is 19.6 Å². The predicted molar refractivity (Wildman–Crippen MR) is 153 cm³/mol. The van der Waals surface area contributed by atoms with Crippen molar-refractivity contribution in [2.45, 2.75) is 17.7 Å². The van der Waals surface area contributed by atoms with Crippen LogP contribution in [0.4, 0.5) is 10.2 Å². The lowest BCUT2D eigenvalue weighted by molar-refractivity contribution is 0.122. The molecule has 6 rings (SSSR count). The molecule has 0 unspecified atom stereocenters. The number of aliphatic hydroxyl groups excluding tert-OH is 1. The summed E-state index contributed by atoms with van der Waals surface area (Å²) in [5, 5.41) is 14.2. The van der Waals surface area contributed by atoms with E-state index >= 15 is 0 Å². The minimum absolute atomic E-state index is 0.0164. The van der Waals surface area contributed by atoms with Crippen LogP contribution in [0.2, 0.25) is 0 Å². The molecule has 10 nitrogen and oxygen atoms in total. The van der Waals surface area contributed by atoms with Crippen molar-refractivity contribution in [3.05, 3.63) is 71.4 Å². The lowest BCUT2D eigenvalue weighted by Gasteiger charge is -2.47. The molecule has 1 aromatic carbocycles. The fourth-order valence-corrected chi connectivity index (χ4v) is 7.73. The number of rotatable bonds is 8. The molecule has 218 valence electrons. The Hall–Kier alpha value is -3.16. The zero-order chi connectivity index (χ0) is 28.6. The normalized spacial score (nSPS) is 21.5. The Kier molecular flexibility index (Phi) is 7.68. The molecule has 3 aromatic rings. The van der Waals surface area contributed by atoms with Crippen LogP contribution >= 0.6 is 0 Å². The molecule has 0 spiro atoms. The fourth-order valence-electron chi connectivity index (χ4n) is 6.26. The van der Waals surface area contributed by atoms with Crippen molar-refractivity contribution in [3.63, 3.8) is 0 Å². The number of benzene rings is 1. The molecule has 1 aliphatic carbocycles. The average Bonchev–Trinajstić information content (AvgIpc) is 3.38. The standard InChI is InChI=1S/C29H35FN6O4S/c1-33(10-13-37)20-29-17-22-18-32-36(25-4-2-24(30)3-5-25)27(22)16-23(29)8-9-35(21-29)41(38,39)26-6-7-28(31-19-26)34-11-14-40-15-12-34/h2-7,16,18-19,37H,8-15,17,20-21H2,1H3/t29-/m0/s1. The molecule has 1 atom stereocenters. The van der Waals surface area contributed by atoms with Gasteiger partial charge in [-0.25, -0.2) is 22.5 Å². The number of piperidine rings is 1. The summed E-state index contributed by atoms with van der Waals surface area (Å²) in [6.07, 6.45) is 6.58. The number of hydrogen-bond acceptors (Lipinski definition) is 8. The van der Waals surface area contributed by atoms with E-state index in [2.05, 4.69) is 26.0 Å². The van der Waals surface area contributed by atoms with Crippen LogP contribution in [0.25, 0.3) is 11.8 Å². The van der Waals surface area contributed by atoms with E-state index in [4.69, 9.17) is 4.74 Å². The van der Waals surface area contributed by atoms with Crippen molar-refractivity contribution < 1.29 is 22.7 Å². The van der Waals surface area contributed by atoms with E-state index in [1.54, 1.807) is 28.6 Å². The quantitative estimate of drug-likeness (QED) is 0.431. The number of likely N-dealkylation sites (N-methyl/N-ethyl adjacent to an activating group) is 1. The van der Waals surface area contributed by atoms with Crippen LogP contribution in [-0.4, -0.2) is 104 Å². The molecular weight excluding hydrogens is 547 g/mol. The van der Waals surface area contributed by atoms with Gasteiger partial charge in [0.05, 0.1) is 37.4 Å². The van der Waals surface area contributed by atoms with Crippen molar-refractivity contribution in [2.24, 2.45) is 5.41 Å². The molecule has 0 bridgehead atoms. The van der Waals surface area contributed by atoms with Crippen molar-refractivity contribution in [1.29, 1.82) is 0 Å². The summed E-state index contributed by atoms with van der Waals surface area (Å²) in [7, 11) is -1.84. The van der Waals surface area contributed by atoms with Gasteiger partial charge in [-0.05, 0) is 67.9 Å². The lowest BCUT2D eigenvalue weighted by atomic mass is 9.68. The molecule has 12 heteroatoms. The highest BCUT2D eigenvalue weighted by atomic mass is 32.2. The van der Waals surface area contributed by atoms with Gasteiger partial charge in [-0.1, -0.05) is 5.57 Å². The van der Waals surface area contributed by atoms with Gasteiger partial charge >= 0.3 is 0 Å². The number of nitrogens with zero attached hydrogens (tertiary/aromatic N) is 6. The summed E-state index contributed by atoms with van der Waals surface area (Å²) in [6.45, 7) is 4.45. The highest BCUT2D eigenvalue weighted by molar-refractivity contribution is 7.89. The van der Waals surface area contributed by atoms with Gasteiger partial charge in [-0.2, -0.15) is 9.40 Å². The van der Waals surface area contributed by atoms with Gasteiger partial charge in [0.1, 0.15) is 16.5 Å². The maximum atomic E-state index is 13.9. The Labute approximate surface area is 239 Å². The Morgan fingerprint density at radius 2 is 1.88 bits per heavy atom. The molecule has 0 radical (unpaired) electrons. The Balaban J connectivity index is 1.30. The van der Waals surface area contributed by atoms with Gasteiger partial charge in [-0.15, -0.1) is 0 Å². The molecule has 2 fully saturated rings. The average molecular weight is 583 g/mol. The topological polar surface area (TPSA) is 104 Å². The van der Waals surface area contributed by atoms with E-state index in [0.29, 0.717) is 52.2 Å². The van der Waals surface area contributed by atoms with Crippen LogP contribution in [-0.2, 0) is 21.2 Å². The van der Waals surface area contributed by atoms with Crippen molar-refractivity contribution >= 4 is 21.9 Å². The van der Waals surface area contributed by atoms with E-state index in [-0.39, 0.29) is 17.3 Å². The molecule has 4 heterocycles. The molecular formula is C29H35FN6O4S. The summed E-state index contributed by atoms with van der Waals surface area (Å²) in [6, 6.07) is 9.65. The van der Waals surface area contributed by atoms with Gasteiger partial charge in [0.15, 0.2) is 0 Å². The smallest absolute Gasteiger partial charge is 0.244 e. The van der Waals surface area contributed by atoms with Crippen LogP contribution in [0.5, 0.6) is 0 Å². The molecule has 2 saturated heterocycles. The van der Waals surface area contributed by atoms with E-state index < -0.39 is 15.4 Å². The first-order valence-electron chi connectivity index (χ1n) is 13.9. The third-order valence-corrected chi connectivity index (χ3v) is 10.2. The Bertz CT molecular complexity index is 1520. The van der Waals surface area contributed by atoms with Gasteiger partial charge in [0.2, 0.25) is 10.0 Å². The lowest BCUT2D eigenvalue weighted by Crippen LogP contribution is -2.53. The molecule has 2 aromatic heterocycles. The summed E-state index contributed by atoms with van der Waals surface area (Å²) in [5.74, 6) is 0.440. The number of morpholine rings is 1. The highest BCUT2D eigenvalue weighted by Gasteiger charge is 2.46. The van der Waals surface area contributed by atoms with Crippen LogP contribution < -0.4 is 4.90 Å². The molecule has 2 aliphatic heterocycles. The predicted octanol–water partition coefficient (Wildman–Crippen LogP) is 2.19. The van der Waals surface area contributed by atoms with Crippen molar-refractivity contribution in [1.82, 2.24) is 24.0 Å². The van der Waals surface area contributed by atoms with E-state index in [1.807, 2.05) is 17.9 Å². The van der Waals surface area contributed by atoms with E-state index in [0.717, 1.165) is 41.4 Å². The van der Waals surface area contributed by atoms with Crippen LogP contribution in [0.15, 0.2) is 59.3 Å². The Morgan fingerprint density at radius 3 is 2.59 bits per heavy atom. The maximum absolute atomic E-state index is 13.9. The number of ether oxygens (including phenoxy) is 1. The number of anilines is 1. The zero-order valence-electron chi connectivity index (χ0n) is 23.1. The molecule has 0 amide bonds. The molecule has 1 N–H and O–H groups in total. The first-order valence-corrected chi connectivity index (χ1v) is 15.4. The number of sulfonamides is 1. The SMILES string of the molecule is CN(CCO)C[C@]12Cc3cnn(-c4ccc(F)cc4)c3C=C1CCN(S(=O)(=O)c1ccc(N3CCOCC3)nc1)C2. The van der Waals surface area contributed by atoms with Crippen molar-refractivity contribution in [3.8, 4) is 5.69 Å². The van der Waals surface area contributed by atoms with Crippen molar-refractivity contribution in [2.75, 3.05) is 71.0 Å². The largest absolute Gasteiger partial charge is 0.395 e. The summed E-state index contributed by atoms with van der Waals surface area (Å²) in [5.41, 5.74) is 3.38. The van der Waals surface area contributed by atoms with Crippen LogP contribution in [0.3, 0.4) is 0 Å². The minimum atomic E-state index is -3.79. The Morgan fingerprint density at radius 1 is 1.10 bits per heavy atom. The van der Waals surface area contributed by atoms with Crippen LogP contribution in [0, 0.1) is 11.2 Å². The monoisotopic (exact) mass is 582 g/mol. The number of aromatic nitrogens is 3. The summed E-state index contributed by atoms with van der Waals surface area (Å²) >= 11 is 0. The zero-order valence-corrected chi connectivity index (χ0v) is 23.9. The number of halogens is 1. The third kappa shape index (κ3) is 5.42. The van der Waals surface area contributed by atoms with E-state index in [9.17, 15) is 17.9 Å². The molecule has 3 aliphatic rings. The maximum Gasteiger partial charge on any atom is 0.244 e. The minimum Gasteiger partial charge on any atom is -0.395 e. The second-order valence-corrected chi connectivity index (χ2v) is 13.0. The molecule has 41 heavy (non-hydrogen) atoms. The van der Waals surface area contributed by atoms with Gasteiger partial charge in [0, 0.05) is 50.9 Å². The first kappa shape index (κ1) is 28.0. The summed E-state index contributed by atoms with van der Waals surface area (Å²) in [4.78, 5) is 8.81. The first-order chi connectivity index (χ1) is 19.8. The van der Waals surface area contributed by atoms with E-state index in [1.165, 1.54) is 18.3 Å². The second-order valence-electron chi connectivity index (χ2n) is 11.1. The second kappa shape index (κ2) is 11.3. The summed E-state index contributed by atoms with van der Waals surface area (Å²) < 4.78 is 50.2. The van der Waals surface area contributed by atoms with Crippen LogP contribution in [0.1, 0.15) is 17.7 Å². The number of fused-ring (bicyclic) bond motifs is 2. The van der Waals surface area contributed by atoms with Gasteiger partial charge in [0.25, 0.3) is 0 Å². The highest BCUT2D eigenvalue weighted by Crippen LogP contribution is 2.45. The number of aliphatic hydroxyl groups is 1. The third-order valence-electron chi connectivity index (χ3n) is 8.34.